The molecule has 0 spiro atoms. The van der Waals surface area contributed by atoms with Crippen molar-refractivity contribution in [3.63, 3.8) is 0 Å². The Labute approximate surface area is 116 Å². The summed E-state index contributed by atoms with van der Waals surface area (Å²) in [5.74, 6) is 7.05. The lowest BCUT2D eigenvalue weighted by Crippen LogP contribution is -2.11. The van der Waals surface area contributed by atoms with Crippen LogP contribution >= 0.6 is 11.6 Å². The van der Waals surface area contributed by atoms with Gasteiger partial charge in [0.1, 0.15) is 18.2 Å². The van der Waals surface area contributed by atoms with Gasteiger partial charge in [-0.1, -0.05) is 30.7 Å². The number of anilines is 1. The van der Waals surface area contributed by atoms with Crippen molar-refractivity contribution in [2.75, 3.05) is 5.43 Å². The first-order chi connectivity index (χ1) is 9.21. The van der Waals surface area contributed by atoms with Crippen LogP contribution in [0.2, 0.25) is 5.02 Å². The Bertz CT molecular complexity index is 540. The van der Waals surface area contributed by atoms with Crippen LogP contribution in [0.1, 0.15) is 18.3 Å². The Kier molecular flexibility index (Phi) is 4.54. The topological polar surface area (TPSA) is 73.1 Å². The summed E-state index contributed by atoms with van der Waals surface area (Å²) in [6.45, 7) is 2.36. The first-order valence-electron chi connectivity index (χ1n) is 5.93. The Morgan fingerprint density at radius 2 is 2.16 bits per heavy atom. The average molecular weight is 279 g/mol. The largest absolute Gasteiger partial charge is 0.473 e. The van der Waals surface area contributed by atoms with Gasteiger partial charge in [-0.05, 0) is 17.7 Å². The lowest BCUT2D eigenvalue weighted by atomic mass is 10.2. The van der Waals surface area contributed by atoms with Crippen LogP contribution in [0.5, 0.6) is 5.88 Å². The van der Waals surface area contributed by atoms with E-state index in [0.717, 1.165) is 5.56 Å². The summed E-state index contributed by atoms with van der Waals surface area (Å²) in [5.41, 5.74) is 3.48. The Morgan fingerprint density at radius 3 is 2.84 bits per heavy atom. The van der Waals surface area contributed by atoms with Crippen molar-refractivity contribution >= 4 is 17.4 Å². The number of hydrogen-bond acceptors (Lipinski definition) is 5. The average Bonchev–Trinajstić information content (AvgIpc) is 2.44. The van der Waals surface area contributed by atoms with Crippen LogP contribution < -0.4 is 16.0 Å². The molecule has 0 aliphatic carbocycles. The Balaban J connectivity index is 2.10. The van der Waals surface area contributed by atoms with Crippen LogP contribution in [0.3, 0.4) is 0 Å². The van der Waals surface area contributed by atoms with Crippen molar-refractivity contribution in [3.8, 4) is 5.88 Å². The Hall–Kier alpha value is -1.85. The van der Waals surface area contributed by atoms with Gasteiger partial charge in [0.2, 0.25) is 5.88 Å². The molecule has 0 atom stereocenters. The van der Waals surface area contributed by atoms with Crippen LogP contribution in [-0.2, 0) is 13.0 Å². The number of nitrogens with zero attached hydrogens (tertiary/aromatic N) is 2. The highest BCUT2D eigenvalue weighted by Gasteiger charge is 2.04. The molecule has 0 aliphatic heterocycles. The zero-order chi connectivity index (χ0) is 13.7. The molecule has 2 aromatic rings. The fourth-order valence-corrected chi connectivity index (χ4v) is 1.78. The van der Waals surface area contributed by atoms with Gasteiger partial charge < -0.3 is 10.2 Å². The molecule has 0 fully saturated rings. The third-order valence-corrected chi connectivity index (χ3v) is 2.72. The number of nitrogens with one attached hydrogen (secondary N) is 1. The summed E-state index contributed by atoms with van der Waals surface area (Å²) in [5, 5.41) is 0.683. The number of rotatable bonds is 5. The summed E-state index contributed by atoms with van der Waals surface area (Å²) >= 11 is 5.91. The second-order valence-corrected chi connectivity index (χ2v) is 4.36. The maximum Gasteiger partial charge on any atom is 0.219 e. The van der Waals surface area contributed by atoms with Crippen LogP contribution in [0.4, 0.5) is 5.82 Å². The van der Waals surface area contributed by atoms with E-state index in [-0.39, 0.29) is 0 Å². The van der Waals surface area contributed by atoms with Crippen molar-refractivity contribution in [3.05, 3.63) is 46.7 Å². The highest BCUT2D eigenvalue weighted by Crippen LogP contribution is 2.16. The third kappa shape index (κ3) is 3.81. The summed E-state index contributed by atoms with van der Waals surface area (Å²) in [6, 6.07) is 9.15. The van der Waals surface area contributed by atoms with Gasteiger partial charge in [-0.15, -0.1) is 0 Å². The molecule has 0 amide bonds. The van der Waals surface area contributed by atoms with Crippen LogP contribution in [-0.4, -0.2) is 9.97 Å². The van der Waals surface area contributed by atoms with Crippen LogP contribution in [0.15, 0.2) is 30.3 Å². The highest BCUT2D eigenvalue weighted by atomic mass is 35.5. The number of aryl methyl sites for hydroxylation is 1. The molecule has 1 aromatic carbocycles. The summed E-state index contributed by atoms with van der Waals surface area (Å²) in [7, 11) is 0. The number of hydrogen-bond donors (Lipinski definition) is 2. The molecule has 0 radical (unpaired) electrons. The maximum atomic E-state index is 5.91. The second-order valence-electron chi connectivity index (χ2n) is 3.92. The van der Waals surface area contributed by atoms with E-state index in [2.05, 4.69) is 15.4 Å². The van der Waals surface area contributed by atoms with E-state index in [9.17, 15) is 0 Å². The lowest BCUT2D eigenvalue weighted by molar-refractivity contribution is 0.292. The number of ether oxygens (including phenoxy) is 1. The van der Waals surface area contributed by atoms with Gasteiger partial charge in [-0.25, -0.2) is 10.8 Å². The van der Waals surface area contributed by atoms with E-state index >= 15 is 0 Å². The standard InChI is InChI=1S/C13H15ClN4O/c1-2-11-16-12(18-15)7-13(17-11)19-8-9-4-3-5-10(14)6-9/h3-7H,2,8,15H2,1H3,(H,16,17,18). The minimum atomic E-state index is 0.394. The van der Waals surface area contributed by atoms with E-state index < -0.39 is 0 Å². The Morgan fingerprint density at radius 1 is 1.32 bits per heavy atom. The fraction of sp³-hybridized carbons (Fsp3) is 0.231. The minimum absolute atomic E-state index is 0.394. The van der Waals surface area contributed by atoms with E-state index in [1.165, 1.54) is 0 Å². The van der Waals surface area contributed by atoms with Gasteiger partial charge in [0.25, 0.3) is 0 Å². The van der Waals surface area contributed by atoms with Gasteiger partial charge in [0, 0.05) is 17.5 Å². The quantitative estimate of drug-likeness (QED) is 0.649. The number of hydrazine groups is 1. The van der Waals surface area contributed by atoms with E-state index in [0.29, 0.717) is 35.6 Å². The van der Waals surface area contributed by atoms with E-state index in [1.54, 1.807) is 6.07 Å². The predicted molar refractivity (Wildman–Crippen MR) is 75.0 cm³/mol. The molecule has 5 nitrogen and oxygen atoms in total. The van der Waals surface area contributed by atoms with Crippen molar-refractivity contribution in [2.24, 2.45) is 5.84 Å². The predicted octanol–water partition coefficient (Wildman–Crippen LogP) is 2.56. The van der Waals surface area contributed by atoms with Crippen molar-refractivity contribution in [1.29, 1.82) is 0 Å². The second kappa shape index (κ2) is 6.36. The molecule has 1 aromatic heterocycles. The SMILES string of the molecule is CCc1nc(NN)cc(OCc2cccc(Cl)c2)n1. The molecule has 3 N–H and O–H groups in total. The molecule has 100 valence electrons. The molecule has 0 saturated heterocycles. The molecule has 1 heterocycles. The number of benzene rings is 1. The molecule has 0 bridgehead atoms. The monoisotopic (exact) mass is 278 g/mol. The highest BCUT2D eigenvalue weighted by molar-refractivity contribution is 6.30. The summed E-state index contributed by atoms with van der Waals surface area (Å²) in [6.07, 6.45) is 0.711. The van der Waals surface area contributed by atoms with E-state index in [4.69, 9.17) is 22.2 Å². The van der Waals surface area contributed by atoms with Crippen LogP contribution in [0.25, 0.3) is 0 Å². The van der Waals surface area contributed by atoms with Gasteiger partial charge in [-0.3, -0.25) is 0 Å². The first-order valence-corrected chi connectivity index (χ1v) is 6.31. The number of aromatic nitrogens is 2. The minimum Gasteiger partial charge on any atom is -0.473 e. The zero-order valence-corrected chi connectivity index (χ0v) is 11.3. The van der Waals surface area contributed by atoms with Gasteiger partial charge >= 0.3 is 0 Å². The van der Waals surface area contributed by atoms with E-state index in [1.807, 2.05) is 31.2 Å². The third-order valence-electron chi connectivity index (χ3n) is 2.49. The normalized spacial score (nSPS) is 10.3. The molecule has 2 rings (SSSR count). The van der Waals surface area contributed by atoms with Crippen molar-refractivity contribution in [1.82, 2.24) is 9.97 Å². The molecule has 19 heavy (non-hydrogen) atoms. The molecule has 0 saturated carbocycles. The smallest absolute Gasteiger partial charge is 0.219 e. The van der Waals surface area contributed by atoms with Gasteiger partial charge in [-0.2, -0.15) is 4.98 Å². The molecule has 0 unspecified atom stereocenters. The molecule has 6 heteroatoms. The first kappa shape index (κ1) is 13.6. The maximum absolute atomic E-state index is 5.91. The van der Waals surface area contributed by atoms with Gasteiger partial charge in [0.05, 0.1) is 0 Å². The number of halogens is 1. The number of nitrogens with two attached hydrogens (primary N) is 1. The molecular formula is C13H15ClN4O. The lowest BCUT2D eigenvalue weighted by Gasteiger charge is -2.08. The zero-order valence-electron chi connectivity index (χ0n) is 10.6. The fourth-order valence-electron chi connectivity index (χ4n) is 1.56. The number of nitrogen functional groups attached to an aromatic ring is 1. The van der Waals surface area contributed by atoms with Crippen molar-refractivity contribution < 1.29 is 4.74 Å². The van der Waals surface area contributed by atoms with Crippen molar-refractivity contribution in [2.45, 2.75) is 20.0 Å². The summed E-state index contributed by atoms with van der Waals surface area (Å²) in [4.78, 5) is 8.47. The van der Waals surface area contributed by atoms with Crippen LogP contribution in [0, 0.1) is 0 Å². The molecule has 0 aliphatic rings. The van der Waals surface area contributed by atoms with Gasteiger partial charge in [0.15, 0.2) is 0 Å². The summed E-state index contributed by atoms with van der Waals surface area (Å²) < 4.78 is 5.63. The molecular weight excluding hydrogens is 264 g/mol.